The van der Waals surface area contributed by atoms with Gasteiger partial charge in [0, 0.05) is 0 Å². The van der Waals surface area contributed by atoms with Crippen LogP contribution in [-0.2, 0) is 0 Å². The number of fused-ring (bicyclic) bond motifs is 2. The Hall–Kier alpha value is -4.09. The summed E-state index contributed by atoms with van der Waals surface area (Å²) in [6.45, 7) is 1.69. The van der Waals surface area contributed by atoms with E-state index >= 15 is 0 Å². The number of nitrogens with zero attached hydrogens (tertiary/aromatic N) is 4. The number of nitriles is 1. The van der Waals surface area contributed by atoms with Gasteiger partial charge in [0.2, 0.25) is 5.89 Å². The minimum absolute atomic E-state index is 0.0696. The minimum Gasteiger partial charge on any atom is -0.494 e. The van der Waals surface area contributed by atoms with Gasteiger partial charge in [0.15, 0.2) is 16.7 Å². The molecule has 3 heterocycles. The van der Waals surface area contributed by atoms with Crippen LogP contribution in [-0.4, -0.2) is 26.7 Å². The smallest absolute Gasteiger partial charge is 0.285 e. The van der Waals surface area contributed by atoms with E-state index in [1.165, 1.54) is 11.6 Å². The molecule has 0 bridgehead atoms. The summed E-state index contributed by atoms with van der Waals surface area (Å²) in [5.41, 5.74) is 2.76. The Bertz CT molecular complexity index is 1570. The third-order valence-electron chi connectivity index (χ3n) is 5.03. The zero-order chi connectivity index (χ0) is 21.7. The number of halogens is 1. The van der Waals surface area contributed by atoms with E-state index in [0.717, 1.165) is 5.56 Å². The van der Waals surface area contributed by atoms with E-state index in [2.05, 4.69) is 21.1 Å². The van der Waals surface area contributed by atoms with E-state index in [0.29, 0.717) is 38.8 Å². The molecule has 0 aliphatic rings. The summed E-state index contributed by atoms with van der Waals surface area (Å²) in [6.07, 6.45) is 0. The Morgan fingerprint density at radius 3 is 2.65 bits per heavy atom. The first-order valence-corrected chi connectivity index (χ1v) is 9.65. The van der Waals surface area contributed by atoms with E-state index in [1.807, 2.05) is 30.3 Å². The molecule has 8 nitrogen and oxygen atoms in total. The number of rotatable bonds is 3. The molecule has 0 aliphatic heterocycles. The Kier molecular flexibility index (Phi) is 4.27. The fraction of sp³-hybridized carbons (Fsp3) is 0.0909. The maximum Gasteiger partial charge on any atom is 0.285 e. The fourth-order valence-electron chi connectivity index (χ4n) is 3.61. The van der Waals surface area contributed by atoms with Crippen molar-refractivity contribution in [1.82, 2.24) is 19.6 Å². The lowest BCUT2D eigenvalue weighted by atomic mass is 10.1. The second-order valence-corrected chi connectivity index (χ2v) is 7.23. The van der Waals surface area contributed by atoms with Gasteiger partial charge in [0.05, 0.1) is 23.4 Å². The first-order valence-electron chi connectivity index (χ1n) is 9.27. The average molecular weight is 432 g/mol. The van der Waals surface area contributed by atoms with Gasteiger partial charge in [-0.25, -0.2) is 9.97 Å². The number of aromatic amines is 1. The third-order valence-corrected chi connectivity index (χ3v) is 5.33. The van der Waals surface area contributed by atoms with Crippen LogP contribution in [0, 0.1) is 18.3 Å². The predicted molar refractivity (Wildman–Crippen MR) is 115 cm³/mol. The monoisotopic (exact) mass is 431 g/mol. The predicted octanol–water partition coefficient (Wildman–Crippen LogP) is 4.34. The van der Waals surface area contributed by atoms with Gasteiger partial charge >= 0.3 is 0 Å². The number of aromatic nitrogens is 4. The van der Waals surface area contributed by atoms with E-state index in [9.17, 15) is 10.1 Å². The van der Waals surface area contributed by atoms with E-state index in [1.54, 1.807) is 19.1 Å². The second-order valence-electron chi connectivity index (χ2n) is 6.82. The fourth-order valence-corrected chi connectivity index (χ4v) is 3.80. The first kappa shape index (κ1) is 18.9. The van der Waals surface area contributed by atoms with E-state index in [4.69, 9.17) is 20.8 Å². The summed E-state index contributed by atoms with van der Waals surface area (Å²) in [5.74, 6) is 0.541. The number of H-pyrrole nitrogens is 1. The highest BCUT2D eigenvalue weighted by Crippen LogP contribution is 2.35. The van der Waals surface area contributed by atoms with Gasteiger partial charge in [-0.3, -0.25) is 9.89 Å². The van der Waals surface area contributed by atoms with Crippen molar-refractivity contribution in [2.75, 3.05) is 7.11 Å². The summed E-state index contributed by atoms with van der Waals surface area (Å²) in [7, 11) is 1.51. The molecule has 0 spiro atoms. The van der Waals surface area contributed by atoms with Crippen LogP contribution in [0.15, 0.2) is 51.7 Å². The minimum atomic E-state index is -0.442. The summed E-state index contributed by atoms with van der Waals surface area (Å²) >= 11 is 6.24. The molecular formula is C22H14ClN5O3. The SMILES string of the molecule is COc1ccc(Cl)c2oc(-c3c(C)nc4c(-c5ccccc5)c(C#N)[nH]n4c3=O)nc12. The van der Waals surface area contributed by atoms with Gasteiger partial charge in [-0.2, -0.15) is 9.78 Å². The number of ether oxygens (including phenoxy) is 1. The highest BCUT2D eigenvalue weighted by Gasteiger charge is 2.24. The van der Waals surface area contributed by atoms with Crippen LogP contribution in [0.3, 0.4) is 0 Å². The van der Waals surface area contributed by atoms with Gasteiger partial charge in [-0.1, -0.05) is 41.9 Å². The molecule has 0 saturated carbocycles. The van der Waals surface area contributed by atoms with Crippen LogP contribution in [0.25, 0.3) is 39.3 Å². The van der Waals surface area contributed by atoms with Crippen molar-refractivity contribution >= 4 is 28.3 Å². The Labute approximate surface area is 180 Å². The van der Waals surface area contributed by atoms with Gasteiger partial charge < -0.3 is 9.15 Å². The number of nitrogens with one attached hydrogen (secondary N) is 1. The molecule has 1 N–H and O–H groups in total. The molecule has 0 fully saturated rings. The molecule has 0 unspecified atom stereocenters. The quantitative estimate of drug-likeness (QED) is 0.455. The molecule has 0 radical (unpaired) electrons. The van der Waals surface area contributed by atoms with Gasteiger partial charge in [-0.05, 0) is 24.6 Å². The van der Waals surface area contributed by atoms with Crippen LogP contribution in [0.2, 0.25) is 5.02 Å². The van der Waals surface area contributed by atoms with Crippen LogP contribution < -0.4 is 10.3 Å². The van der Waals surface area contributed by atoms with Gasteiger partial charge in [0.25, 0.3) is 5.56 Å². The van der Waals surface area contributed by atoms with Crippen LogP contribution in [0.5, 0.6) is 5.75 Å². The molecule has 0 atom stereocenters. The number of aryl methyl sites for hydroxylation is 1. The number of hydrogen-bond donors (Lipinski definition) is 1. The summed E-state index contributed by atoms with van der Waals surface area (Å²) in [6, 6.07) is 14.7. The molecular weight excluding hydrogens is 418 g/mol. The Morgan fingerprint density at radius 1 is 1.16 bits per heavy atom. The Balaban J connectivity index is 1.81. The van der Waals surface area contributed by atoms with Crippen molar-refractivity contribution in [2.24, 2.45) is 0 Å². The van der Waals surface area contributed by atoms with Crippen molar-refractivity contribution in [3.63, 3.8) is 0 Å². The van der Waals surface area contributed by atoms with Crippen molar-refractivity contribution in [3.05, 3.63) is 69.2 Å². The second kappa shape index (κ2) is 7.00. The van der Waals surface area contributed by atoms with Crippen LogP contribution in [0.1, 0.15) is 11.4 Å². The third kappa shape index (κ3) is 2.79. The molecule has 3 aromatic heterocycles. The molecule has 0 amide bonds. The lowest BCUT2D eigenvalue weighted by Gasteiger charge is -2.03. The molecule has 0 saturated heterocycles. The topological polar surface area (TPSA) is 109 Å². The maximum absolute atomic E-state index is 13.4. The zero-order valence-electron chi connectivity index (χ0n) is 16.4. The average Bonchev–Trinajstić information content (AvgIpc) is 3.37. The normalized spacial score (nSPS) is 11.2. The van der Waals surface area contributed by atoms with E-state index < -0.39 is 5.56 Å². The van der Waals surface area contributed by atoms with Crippen molar-refractivity contribution in [3.8, 4) is 34.4 Å². The lowest BCUT2D eigenvalue weighted by molar-refractivity contribution is 0.419. The maximum atomic E-state index is 13.4. The number of methoxy groups -OCH3 is 1. The lowest BCUT2D eigenvalue weighted by Crippen LogP contribution is -2.19. The molecule has 9 heteroatoms. The Morgan fingerprint density at radius 2 is 1.94 bits per heavy atom. The van der Waals surface area contributed by atoms with Crippen LogP contribution in [0.4, 0.5) is 0 Å². The molecule has 0 aliphatic carbocycles. The summed E-state index contributed by atoms with van der Waals surface area (Å²) in [4.78, 5) is 22.4. The van der Waals surface area contributed by atoms with Crippen molar-refractivity contribution < 1.29 is 9.15 Å². The van der Waals surface area contributed by atoms with Gasteiger partial charge in [-0.15, -0.1) is 0 Å². The molecule has 31 heavy (non-hydrogen) atoms. The molecule has 2 aromatic carbocycles. The number of oxazole rings is 1. The van der Waals surface area contributed by atoms with Gasteiger partial charge in [0.1, 0.15) is 23.1 Å². The molecule has 152 valence electrons. The highest BCUT2D eigenvalue weighted by atomic mass is 35.5. The first-order chi connectivity index (χ1) is 15.0. The summed E-state index contributed by atoms with van der Waals surface area (Å²) in [5, 5.41) is 12.8. The van der Waals surface area contributed by atoms with Crippen molar-refractivity contribution in [1.29, 1.82) is 5.26 Å². The number of hydrogen-bond acceptors (Lipinski definition) is 6. The van der Waals surface area contributed by atoms with E-state index in [-0.39, 0.29) is 17.1 Å². The number of benzene rings is 2. The largest absolute Gasteiger partial charge is 0.494 e. The molecule has 5 aromatic rings. The standard InChI is InChI=1S/C22H14ClN5O3/c1-11-16(21-26-18-15(30-2)9-8-13(23)19(18)31-21)22(29)28-20(25-11)17(14(10-24)27-28)12-6-4-3-5-7-12/h3-9,27H,1-2H3. The van der Waals surface area contributed by atoms with Crippen LogP contribution >= 0.6 is 11.6 Å². The van der Waals surface area contributed by atoms with Crippen molar-refractivity contribution in [2.45, 2.75) is 6.92 Å². The zero-order valence-corrected chi connectivity index (χ0v) is 17.2. The molecule has 5 rings (SSSR count). The summed E-state index contributed by atoms with van der Waals surface area (Å²) < 4.78 is 12.4. The highest BCUT2D eigenvalue weighted by molar-refractivity contribution is 6.34.